The van der Waals surface area contributed by atoms with Gasteiger partial charge in [-0.2, -0.15) is 0 Å². The van der Waals surface area contributed by atoms with E-state index in [1.165, 1.54) is 0 Å². The summed E-state index contributed by atoms with van der Waals surface area (Å²) in [6.07, 6.45) is 7.93. The van der Waals surface area contributed by atoms with E-state index in [1.54, 1.807) is 24.5 Å². The zero-order valence-electron chi connectivity index (χ0n) is 16.5. The predicted molar refractivity (Wildman–Crippen MR) is 115 cm³/mol. The third kappa shape index (κ3) is 5.40. The Morgan fingerprint density at radius 1 is 0.966 bits per heavy atom. The molecule has 4 rings (SSSR count). The molecule has 3 heterocycles. The van der Waals surface area contributed by atoms with Gasteiger partial charge in [-0.3, -0.25) is 9.88 Å². The molecule has 1 aromatic carbocycles. The number of pyridine rings is 1. The second kappa shape index (κ2) is 9.46. The highest BCUT2D eigenvalue weighted by atomic mass is 35.5. The van der Waals surface area contributed by atoms with Crippen molar-refractivity contribution in [3.05, 3.63) is 53.8 Å². The molecule has 0 aliphatic carbocycles. The lowest BCUT2D eigenvalue weighted by atomic mass is 9.99. The van der Waals surface area contributed by atoms with Gasteiger partial charge in [0.15, 0.2) is 0 Å². The molecule has 0 bridgehead atoms. The number of nitrogens with one attached hydrogen (secondary N) is 1. The molecule has 2 fully saturated rings. The Morgan fingerprint density at radius 2 is 1.62 bits per heavy atom. The molecule has 2 saturated heterocycles. The average molecular weight is 415 g/mol. The maximum Gasteiger partial charge on any atom is 0.321 e. The quantitative estimate of drug-likeness (QED) is 0.811. The van der Waals surface area contributed by atoms with Gasteiger partial charge in [0.1, 0.15) is 11.9 Å². The van der Waals surface area contributed by atoms with E-state index in [2.05, 4.69) is 15.2 Å². The van der Waals surface area contributed by atoms with Gasteiger partial charge in [-0.05, 0) is 62.1 Å². The normalized spacial score (nSPS) is 19.1. The molecule has 2 aliphatic heterocycles. The Labute approximate surface area is 176 Å². The fourth-order valence-corrected chi connectivity index (χ4v) is 4.26. The van der Waals surface area contributed by atoms with Crippen molar-refractivity contribution >= 4 is 23.3 Å². The summed E-state index contributed by atoms with van der Waals surface area (Å²) in [6, 6.07) is 11.6. The number of aromatic nitrogens is 1. The van der Waals surface area contributed by atoms with Gasteiger partial charge < -0.3 is 15.0 Å². The number of ether oxygens (including phenoxy) is 1. The van der Waals surface area contributed by atoms with Crippen LogP contribution in [0.1, 0.15) is 25.7 Å². The maximum absolute atomic E-state index is 12.5. The van der Waals surface area contributed by atoms with Crippen LogP contribution in [0, 0.1) is 0 Å². The van der Waals surface area contributed by atoms with E-state index >= 15 is 0 Å². The molecule has 29 heavy (non-hydrogen) atoms. The first kappa shape index (κ1) is 20.0. The number of benzene rings is 1. The number of anilines is 1. The molecule has 0 unspecified atom stereocenters. The third-order valence-electron chi connectivity index (χ3n) is 5.79. The molecule has 154 valence electrons. The van der Waals surface area contributed by atoms with Crippen LogP contribution in [0.4, 0.5) is 10.5 Å². The number of halogens is 1. The highest BCUT2D eigenvalue weighted by Crippen LogP contribution is 2.24. The van der Waals surface area contributed by atoms with Crippen molar-refractivity contribution < 1.29 is 9.53 Å². The summed E-state index contributed by atoms with van der Waals surface area (Å²) in [5.41, 5.74) is 0.776. The standard InChI is InChI=1S/C22H27ClN4O2/c23-17-1-3-18(4-2-17)25-22(28)27-13-7-19(8-14-27)26-15-9-21(10-16-26)29-20-5-11-24-12-6-20/h1-6,11-12,19,21H,7-10,13-16H2,(H,25,28). The van der Waals surface area contributed by atoms with Gasteiger partial charge in [0.05, 0.1) is 0 Å². The lowest BCUT2D eigenvalue weighted by molar-refractivity contribution is 0.0545. The Kier molecular flexibility index (Phi) is 6.52. The van der Waals surface area contributed by atoms with E-state index in [9.17, 15) is 4.79 Å². The number of hydrogen-bond acceptors (Lipinski definition) is 4. The van der Waals surface area contributed by atoms with Crippen molar-refractivity contribution in [3.8, 4) is 5.75 Å². The van der Waals surface area contributed by atoms with E-state index in [4.69, 9.17) is 16.3 Å². The van der Waals surface area contributed by atoms with Crippen LogP contribution >= 0.6 is 11.6 Å². The summed E-state index contributed by atoms with van der Waals surface area (Å²) in [5, 5.41) is 3.62. The summed E-state index contributed by atoms with van der Waals surface area (Å²) in [4.78, 5) is 21.0. The van der Waals surface area contributed by atoms with Crippen LogP contribution in [0.25, 0.3) is 0 Å². The second-order valence-corrected chi connectivity index (χ2v) is 8.13. The Hall–Kier alpha value is -2.31. The molecule has 0 spiro atoms. The number of rotatable bonds is 4. The largest absolute Gasteiger partial charge is 0.490 e. The van der Waals surface area contributed by atoms with Crippen LogP contribution in [0.15, 0.2) is 48.8 Å². The van der Waals surface area contributed by atoms with Gasteiger partial charge in [-0.25, -0.2) is 4.79 Å². The van der Waals surface area contributed by atoms with Crippen LogP contribution in [0.5, 0.6) is 5.75 Å². The SMILES string of the molecule is O=C(Nc1ccc(Cl)cc1)N1CCC(N2CCC(Oc3ccncc3)CC2)CC1. The smallest absolute Gasteiger partial charge is 0.321 e. The number of amides is 2. The van der Waals surface area contributed by atoms with E-state index in [0.29, 0.717) is 11.1 Å². The first-order chi connectivity index (χ1) is 14.2. The first-order valence-electron chi connectivity index (χ1n) is 10.3. The number of hydrogen-bond donors (Lipinski definition) is 1. The zero-order chi connectivity index (χ0) is 20.1. The number of carbonyl (C=O) groups excluding carboxylic acids is 1. The molecule has 6 nitrogen and oxygen atoms in total. The maximum atomic E-state index is 12.5. The lowest BCUT2D eigenvalue weighted by Crippen LogP contribution is -2.50. The lowest BCUT2D eigenvalue weighted by Gasteiger charge is -2.41. The number of nitrogens with zero attached hydrogens (tertiary/aromatic N) is 3. The van der Waals surface area contributed by atoms with Gasteiger partial charge in [-0.15, -0.1) is 0 Å². The number of likely N-dealkylation sites (tertiary alicyclic amines) is 2. The van der Waals surface area contributed by atoms with Crippen LogP contribution < -0.4 is 10.1 Å². The fraction of sp³-hybridized carbons (Fsp3) is 0.455. The molecule has 1 N–H and O–H groups in total. The van der Waals surface area contributed by atoms with E-state index in [-0.39, 0.29) is 12.1 Å². The molecule has 0 atom stereocenters. The van der Waals surface area contributed by atoms with Crippen molar-refractivity contribution in [2.75, 3.05) is 31.5 Å². The minimum absolute atomic E-state index is 0.0322. The molecule has 0 radical (unpaired) electrons. The van der Waals surface area contributed by atoms with Crippen LogP contribution in [0.3, 0.4) is 0 Å². The summed E-state index contributed by atoms with van der Waals surface area (Å²) in [6.45, 7) is 3.68. The van der Waals surface area contributed by atoms with Gasteiger partial charge in [-0.1, -0.05) is 11.6 Å². The number of carbonyl (C=O) groups is 1. The van der Waals surface area contributed by atoms with E-state index in [0.717, 1.165) is 63.3 Å². The number of piperidine rings is 2. The highest BCUT2D eigenvalue weighted by Gasteiger charge is 2.30. The molecule has 0 saturated carbocycles. The second-order valence-electron chi connectivity index (χ2n) is 7.69. The van der Waals surface area contributed by atoms with Crippen LogP contribution in [-0.2, 0) is 0 Å². The van der Waals surface area contributed by atoms with Crippen molar-refractivity contribution in [1.82, 2.24) is 14.8 Å². The van der Waals surface area contributed by atoms with Crippen molar-refractivity contribution in [3.63, 3.8) is 0 Å². The van der Waals surface area contributed by atoms with Gasteiger partial charge in [0, 0.05) is 55.3 Å². The molecule has 2 aliphatic rings. The van der Waals surface area contributed by atoms with Crippen molar-refractivity contribution in [1.29, 1.82) is 0 Å². The Balaban J connectivity index is 1.20. The number of urea groups is 1. The topological polar surface area (TPSA) is 57.7 Å². The van der Waals surface area contributed by atoms with Gasteiger partial charge >= 0.3 is 6.03 Å². The summed E-state index contributed by atoms with van der Waals surface area (Å²) in [7, 11) is 0. The van der Waals surface area contributed by atoms with Gasteiger partial charge in [0.2, 0.25) is 0 Å². The van der Waals surface area contributed by atoms with E-state index in [1.807, 2.05) is 29.2 Å². The monoisotopic (exact) mass is 414 g/mol. The fourth-order valence-electron chi connectivity index (χ4n) is 4.14. The van der Waals surface area contributed by atoms with Crippen LogP contribution in [-0.4, -0.2) is 59.1 Å². The average Bonchev–Trinajstić information content (AvgIpc) is 2.77. The summed E-state index contributed by atoms with van der Waals surface area (Å²) < 4.78 is 6.07. The minimum atomic E-state index is -0.0322. The molecular weight excluding hydrogens is 388 g/mol. The zero-order valence-corrected chi connectivity index (χ0v) is 17.2. The Morgan fingerprint density at radius 3 is 2.28 bits per heavy atom. The van der Waals surface area contributed by atoms with E-state index < -0.39 is 0 Å². The highest BCUT2D eigenvalue weighted by molar-refractivity contribution is 6.30. The predicted octanol–water partition coefficient (Wildman–Crippen LogP) is 4.27. The molecular formula is C22H27ClN4O2. The van der Waals surface area contributed by atoms with Crippen molar-refractivity contribution in [2.24, 2.45) is 0 Å². The summed E-state index contributed by atoms with van der Waals surface area (Å²) in [5.74, 6) is 0.901. The molecule has 7 heteroatoms. The molecule has 2 aromatic rings. The third-order valence-corrected chi connectivity index (χ3v) is 6.04. The van der Waals surface area contributed by atoms with Gasteiger partial charge in [0.25, 0.3) is 0 Å². The molecule has 1 aromatic heterocycles. The Bertz CT molecular complexity index is 786. The summed E-state index contributed by atoms with van der Waals surface area (Å²) >= 11 is 5.90. The molecule has 2 amide bonds. The first-order valence-corrected chi connectivity index (χ1v) is 10.7. The van der Waals surface area contributed by atoms with Crippen molar-refractivity contribution in [2.45, 2.75) is 37.8 Å². The van der Waals surface area contributed by atoms with Crippen LogP contribution in [0.2, 0.25) is 5.02 Å². The minimum Gasteiger partial charge on any atom is -0.490 e.